The Morgan fingerprint density at radius 3 is 2.34 bits per heavy atom. The second kappa shape index (κ2) is 7.81. The van der Waals surface area contributed by atoms with Gasteiger partial charge in [0.1, 0.15) is 11.6 Å². The van der Waals surface area contributed by atoms with Gasteiger partial charge < -0.3 is 19.5 Å². The number of hydrogen-bond acceptors (Lipinski definition) is 4. The number of benzene rings is 3. The molecule has 1 saturated heterocycles. The maximum absolute atomic E-state index is 13.1. The summed E-state index contributed by atoms with van der Waals surface area (Å²) in [6, 6.07) is 17.3. The third-order valence-corrected chi connectivity index (χ3v) is 5.15. The molecule has 1 amide bonds. The van der Waals surface area contributed by atoms with E-state index in [0.29, 0.717) is 5.69 Å². The summed E-state index contributed by atoms with van der Waals surface area (Å²) in [6.45, 7) is 2.18. The molecule has 1 aliphatic rings. The Labute approximate surface area is 168 Å². The van der Waals surface area contributed by atoms with Gasteiger partial charge in [-0.25, -0.2) is 4.39 Å². The molecule has 6 heteroatoms. The maximum Gasteiger partial charge on any atom is 0.235 e. The fourth-order valence-corrected chi connectivity index (χ4v) is 3.38. The lowest BCUT2D eigenvalue weighted by atomic mass is 9.90. The van der Waals surface area contributed by atoms with E-state index in [2.05, 4.69) is 5.32 Å². The topological polar surface area (TPSA) is 56.8 Å². The molecule has 0 atom stereocenters. The predicted octanol–water partition coefficient (Wildman–Crippen LogP) is 4.68. The van der Waals surface area contributed by atoms with Crippen molar-refractivity contribution in [3.63, 3.8) is 0 Å². The van der Waals surface area contributed by atoms with Crippen molar-refractivity contribution in [1.29, 1.82) is 0 Å². The largest absolute Gasteiger partial charge is 0.496 e. The number of amides is 1. The Morgan fingerprint density at radius 2 is 1.69 bits per heavy atom. The van der Waals surface area contributed by atoms with E-state index in [1.165, 1.54) is 12.1 Å². The summed E-state index contributed by atoms with van der Waals surface area (Å²) in [5, 5.41) is 4.82. The molecule has 1 fully saturated rings. The summed E-state index contributed by atoms with van der Waals surface area (Å²) < 4.78 is 30.1. The number of carbonyl (C=O) groups is 1. The summed E-state index contributed by atoms with van der Waals surface area (Å²) in [7, 11) is 1.62. The second-order valence-corrected chi connectivity index (χ2v) is 7.38. The molecule has 3 aromatic rings. The summed E-state index contributed by atoms with van der Waals surface area (Å²) >= 11 is 0. The first kappa shape index (κ1) is 19.4. The fraction of sp³-hybridized carbons (Fsp3) is 0.261. The molecule has 0 aliphatic carbocycles. The van der Waals surface area contributed by atoms with Crippen LogP contribution in [0.25, 0.3) is 10.8 Å². The lowest BCUT2D eigenvalue weighted by Gasteiger charge is -2.36. The van der Waals surface area contributed by atoms with Gasteiger partial charge in [0, 0.05) is 22.0 Å². The Bertz CT molecular complexity index is 1030. The van der Waals surface area contributed by atoms with E-state index in [9.17, 15) is 9.18 Å². The second-order valence-electron chi connectivity index (χ2n) is 7.38. The summed E-state index contributed by atoms with van der Waals surface area (Å²) in [6.07, 6.45) is -0.613. The van der Waals surface area contributed by atoms with Crippen LogP contribution in [0.15, 0.2) is 60.7 Å². The maximum atomic E-state index is 13.1. The van der Waals surface area contributed by atoms with E-state index in [0.717, 1.165) is 22.1 Å². The predicted molar refractivity (Wildman–Crippen MR) is 108 cm³/mol. The summed E-state index contributed by atoms with van der Waals surface area (Å²) in [4.78, 5) is 13.0. The van der Waals surface area contributed by atoms with Crippen molar-refractivity contribution in [2.24, 2.45) is 5.41 Å². The first-order valence-corrected chi connectivity index (χ1v) is 9.36. The van der Waals surface area contributed by atoms with E-state index in [4.69, 9.17) is 14.2 Å². The Hall–Kier alpha value is -2.96. The smallest absolute Gasteiger partial charge is 0.235 e. The highest BCUT2D eigenvalue weighted by atomic mass is 19.1. The number of nitrogens with one attached hydrogen (secondary N) is 1. The third kappa shape index (κ3) is 3.81. The van der Waals surface area contributed by atoms with Crippen molar-refractivity contribution < 1.29 is 23.4 Å². The number of fused-ring (bicyclic) bond motifs is 1. The van der Waals surface area contributed by atoms with Crippen LogP contribution in [0.2, 0.25) is 0 Å². The van der Waals surface area contributed by atoms with E-state index < -0.39 is 11.7 Å². The van der Waals surface area contributed by atoms with E-state index in [1.807, 2.05) is 36.4 Å². The van der Waals surface area contributed by atoms with Crippen molar-refractivity contribution in [3.8, 4) is 5.75 Å². The summed E-state index contributed by atoms with van der Waals surface area (Å²) in [5.74, 6) is 0.238. The van der Waals surface area contributed by atoms with Crippen LogP contribution in [-0.2, 0) is 14.3 Å². The highest BCUT2D eigenvalue weighted by Gasteiger charge is 2.40. The molecule has 1 heterocycles. The monoisotopic (exact) mass is 395 g/mol. The van der Waals surface area contributed by atoms with Crippen LogP contribution in [0.1, 0.15) is 18.8 Å². The van der Waals surface area contributed by atoms with Crippen molar-refractivity contribution in [3.05, 3.63) is 72.0 Å². The minimum absolute atomic E-state index is 0.189. The van der Waals surface area contributed by atoms with Crippen LogP contribution in [0, 0.1) is 11.2 Å². The first-order chi connectivity index (χ1) is 14.0. The van der Waals surface area contributed by atoms with Crippen LogP contribution in [0.4, 0.5) is 10.1 Å². The standard InChI is InChI=1S/C23H22FNO4/c1-23(13-28-21(29-14-23)15-7-9-16(24)10-8-15)22(26)25-19-11-12-20(27-2)18-6-4-3-5-17(18)19/h3-12,21H,13-14H2,1-2H3,(H,25,26). The SMILES string of the molecule is COc1ccc(NC(=O)C2(C)COC(c3ccc(F)cc3)OC2)c2ccccc12. The van der Waals surface area contributed by atoms with Crippen LogP contribution in [0.5, 0.6) is 5.75 Å². The van der Waals surface area contributed by atoms with E-state index in [-0.39, 0.29) is 24.9 Å². The van der Waals surface area contributed by atoms with Crippen LogP contribution < -0.4 is 10.1 Å². The minimum Gasteiger partial charge on any atom is -0.496 e. The molecule has 4 rings (SSSR count). The molecule has 0 unspecified atom stereocenters. The van der Waals surface area contributed by atoms with Crippen LogP contribution >= 0.6 is 0 Å². The average molecular weight is 395 g/mol. The van der Waals surface area contributed by atoms with Gasteiger partial charge in [-0.1, -0.05) is 36.4 Å². The minimum atomic E-state index is -0.850. The molecule has 0 aromatic heterocycles. The molecule has 3 aromatic carbocycles. The molecule has 150 valence electrons. The molecular weight excluding hydrogens is 373 g/mol. The molecule has 0 saturated carbocycles. The van der Waals surface area contributed by atoms with Gasteiger partial charge in [0.15, 0.2) is 6.29 Å². The van der Waals surface area contributed by atoms with Crippen LogP contribution in [0.3, 0.4) is 0 Å². The van der Waals surface area contributed by atoms with Crippen molar-refractivity contribution in [2.75, 3.05) is 25.6 Å². The van der Waals surface area contributed by atoms with Gasteiger partial charge in [-0.3, -0.25) is 4.79 Å². The number of rotatable bonds is 4. The van der Waals surface area contributed by atoms with Gasteiger partial charge >= 0.3 is 0 Å². The number of halogens is 1. The van der Waals surface area contributed by atoms with Crippen molar-refractivity contribution in [1.82, 2.24) is 0 Å². The average Bonchev–Trinajstić information content (AvgIpc) is 2.75. The van der Waals surface area contributed by atoms with E-state index in [1.54, 1.807) is 26.2 Å². The van der Waals surface area contributed by atoms with Gasteiger partial charge in [0.25, 0.3) is 0 Å². The molecule has 29 heavy (non-hydrogen) atoms. The number of methoxy groups -OCH3 is 1. The van der Waals surface area contributed by atoms with Gasteiger partial charge in [0.05, 0.1) is 25.7 Å². The highest BCUT2D eigenvalue weighted by molar-refractivity contribution is 6.05. The number of hydrogen-bond donors (Lipinski definition) is 1. The van der Waals surface area contributed by atoms with Gasteiger partial charge in [-0.05, 0) is 31.2 Å². The molecular formula is C23H22FNO4. The number of anilines is 1. The van der Waals surface area contributed by atoms with Gasteiger partial charge in [-0.15, -0.1) is 0 Å². The highest BCUT2D eigenvalue weighted by Crippen LogP contribution is 2.35. The van der Waals surface area contributed by atoms with Gasteiger partial charge in [-0.2, -0.15) is 0 Å². The van der Waals surface area contributed by atoms with Gasteiger partial charge in [0.2, 0.25) is 5.91 Å². The zero-order chi connectivity index (χ0) is 20.4. The third-order valence-electron chi connectivity index (χ3n) is 5.15. The lowest BCUT2D eigenvalue weighted by molar-refractivity contribution is -0.226. The fourth-order valence-electron chi connectivity index (χ4n) is 3.38. The van der Waals surface area contributed by atoms with Crippen molar-refractivity contribution in [2.45, 2.75) is 13.2 Å². The molecule has 1 N–H and O–H groups in total. The molecule has 0 radical (unpaired) electrons. The number of carbonyl (C=O) groups excluding carboxylic acids is 1. The molecule has 5 nitrogen and oxygen atoms in total. The first-order valence-electron chi connectivity index (χ1n) is 9.36. The van der Waals surface area contributed by atoms with Crippen molar-refractivity contribution >= 4 is 22.4 Å². The summed E-state index contributed by atoms with van der Waals surface area (Å²) in [5.41, 5.74) is 0.570. The zero-order valence-electron chi connectivity index (χ0n) is 16.3. The Morgan fingerprint density at radius 1 is 1.03 bits per heavy atom. The molecule has 1 aliphatic heterocycles. The Balaban J connectivity index is 1.49. The Kier molecular flexibility index (Phi) is 5.22. The molecule has 0 bridgehead atoms. The van der Waals surface area contributed by atoms with E-state index >= 15 is 0 Å². The number of ether oxygens (including phenoxy) is 3. The quantitative estimate of drug-likeness (QED) is 0.697. The molecule has 0 spiro atoms. The normalized spacial score (nSPS) is 21.7. The lowest BCUT2D eigenvalue weighted by Crippen LogP contribution is -2.45. The van der Waals surface area contributed by atoms with Crippen LogP contribution in [-0.4, -0.2) is 26.2 Å². The zero-order valence-corrected chi connectivity index (χ0v) is 16.3.